The molecule has 0 spiro atoms. The molecule has 4 nitrogen and oxygen atoms in total. The zero-order chi connectivity index (χ0) is 33.1. The van der Waals surface area contributed by atoms with E-state index in [1.54, 1.807) is 11.4 Å². The topological polar surface area (TPSA) is 36.9 Å². The average Bonchev–Trinajstić information content (AvgIpc) is 3.03. The third kappa shape index (κ3) is 23.0. The molecule has 5 unspecified atom stereocenters. The Morgan fingerprint density at radius 2 is 0.818 bits per heavy atom. The highest BCUT2D eigenvalue weighted by Gasteiger charge is 2.28. The van der Waals surface area contributed by atoms with Gasteiger partial charge in [-0.3, -0.25) is 0 Å². The van der Waals surface area contributed by atoms with Gasteiger partial charge >= 0.3 is 0 Å². The van der Waals surface area contributed by atoms with Gasteiger partial charge in [0.15, 0.2) is 6.49 Å². The van der Waals surface area contributed by atoms with Crippen molar-refractivity contribution in [1.82, 2.24) is 0 Å². The van der Waals surface area contributed by atoms with E-state index >= 15 is 0 Å². The molecule has 0 amide bonds. The molecule has 0 rings (SSSR count). The van der Waals surface area contributed by atoms with Crippen LogP contribution < -0.4 is 0 Å². The van der Waals surface area contributed by atoms with Crippen molar-refractivity contribution in [3.05, 3.63) is 0 Å². The Hall–Kier alpha value is 1.49. The van der Waals surface area contributed by atoms with Crippen LogP contribution in [0.15, 0.2) is 0 Å². The van der Waals surface area contributed by atoms with Crippen LogP contribution in [0, 0.1) is 23.7 Å². The van der Waals surface area contributed by atoms with E-state index < -0.39 is 12.2 Å². The number of hydrogen-bond acceptors (Lipinski definition) is 7. The van der Waals surface area contributed by atoms with Crippen molar-refractivity contribution in [3.8, 4) is 0 Å². The molecule has 0 N–H and O–H groups in total. The second-order valence-electron chi connectivity index (χ2n) is 12.8. The van der Waals surface area contributed by atoms with E-state index in [1.165, 1.54) is 83.5 Å². The van der Waals surface area contributed by atoms with Gasteiger partial charge in [0.05, 0.1) is 26.4 Å². The van der Waals surface area contributed by atoms with Crippen LogP contribution in [0.1, 0.15) is 165 Å². The molecule has 44 heavy (non-hydrogen) atoms. The molecular formula is C35H74O4P2S3. The quantitative estimate of drug-likeness (QED) is 0.0494. The van der Waals surface area contributed by atoms with Gasteiger partial charge in [0.1, 0.15) is 0 Å². The summed E-state index contributed by atoms with van der Waals surface area (Å²) < 4.78 is 26.4. The van der Waals surface area contributed by atoms with Gasteiger partial charge in [0, 0.05) is 11.9 Å². The Labute approximate surface area is 290 Å². The van der Waals surface area contributed by atoms with E-state index in [1.807, 2.05) is 0 Å². The monoisotopic (exact) mass is 716 g/mol. The molecule has 266 valence electrons. The highest BCUT2D eigenvalue weighted by Crippen LogP contribution is 2.63. The van der Waals surface area contributed by atoms with Crippen LogP contribution in [-0.4, -0.2) is 38.3 Å². The second-order valence-corrected chi connectivity index (χ2v) is 23.1. The van der Waals surface area contributed by atoms with E-state index in [-0.39, 0.29) is 0 Å². The van der Waals surface area contributed by atoms with E-state index in [0.717, 1.165) is 31.4 Å². The summed E-state index contributed by atoms with van der Waals surface area (Å²) in [5, 5.41) is 0. The van der Waals surface area contributed by atoms with Gasteiger partial charge in [0.2, 0.25) is 5.69 Å². The van der Waals surface area contributed by atoms with Crippen molar-refractivity contribution in [2.75, 3.05) is 38.3 Å². The molecule has 0 heterocycles. The smallest absolute Gasteiger partial charge is 0.247 e. The Bertz CT molecular complexity index is 719. The van der Waals surface area contributed by atoms with Crippen molar-refractivity contribution >= 4 is 47.2 Å². The maximum absolute atomic E-state index is 6.63. The van der Waals surface area contributed by atoms with Gasteiger partial charge in [-0.2, -0.15) is 0 Å². The SMILES string of the molecule is CCCCCC(CC)COP(=S)(CCSP(=S)(OCC(CC)CCCC)OCC(CC)CCCC)OCC(CC)CCCC. The largest absolute Gasteiger partial charge is 0.329 e. The fourth-order valence-electron chi connectivity index (χ4n) is 5.16. The highest BCUT2D eigenvalue weighted by molar-refractivity contribution is 8.68. The summed E-state index contributed by atoms with van der Waals surface area (Å²) in [6, 6.07) is 0. The van der Waals surface area contributed by atoms with Gasteiger partial charge in [-0.1, -0.05) is 150 Å². The molecule has 0 saturated carbocycles. The summed E-state index contributed by atoms with van der Waals surface area (Å²) in [4.78, 5) is 0. The molecule has 0 bridgehead atoms. The fraction of sp³-hybridized carbons (Fsp3) is 1.00. The lowest BCUT2D eigenvalue weighted by molar-refractivity contribution is 0.180. The third-order valence-corrected chi connectivity index (χ3v) is 17.7. The molecule has 0 aromatic rings. The van der Waals surface area contributed by atoms with Crippen LogP contribution in [0.3, 0.4) is 0 Å². The summed E-state index contributed by atoms with van der Waals surface area (Å²) in [5.41, 5.74) is -2.51. The summed E-state index contributed by atoms with van der Waals surface area (Å²) in [5.74, 6) is 2.93. The normalized spacial score (nSPS) is 17.5. The van der Waals surface area contributed by atoms with Crippen molar-refractivity contribution in [3.63, 3.8) is 0 Å². The molecule has 0 aliphatic heterocycles. The first kappa shape index (κ1) is 45.5. The van der Waals surface area contributed by atoms with Crippen molar-refractivity contribution in [2.45, 2.75) is 165 Å². The van der Waals surface area contributed by atoms with E-state index in [4.69, 9.17) is 41.7 Å². The predicted molar refractivity (Wildman–Crippen MR) is 208 cm³/mol. The van der Waals surface area contributed by atoms with Gasteiger partial charge in [-0.15, -0.1) is 0 Å². The molecule has 0 aliphatic carbocycles. The van der Waals surface area contributed by atoms with Crippen LogP contribution in [0.25, 0.3) is 0 Å². The number of unbranched alkanes of at least 4 members (excludes halogenated alkanes) is 5. The number of hydrogen-bond donors (Lipinski definition) is 0. The van der Waals surface area contributed by atoms with Gasteiger partial charge in [-0.05, 0) is 73.0 Å². The lowest BCUT2D eigenvalue weighted by Gasteiger charge is -2.29. The van der Waals surface area contributed by atoms with Crippen LogP contribution in [0.5, 0.6) is 0 Å². The first-order valence-electron chi connectivity index (χ1n) is 18.6. The molecule has 0 aromatic heterocycles. The molecule has 0 aromatic carbocycles. The van der Waals surface area contributed by atoms with Gasteiger partial charge in [0.25, 0.3) is 0 Å². The van der Waals surface area contributed by atoms with Gasteiger partial charge < -0.3 is 18.1 Å². The van der Waals surface area contributed by atoms with Crippen molar-refractivity contribution in [2.24, 2.45) is 23.7 Å². The zero-order valence-corrected chi connectivity index (χ0v) is 34.6. The number of rotatable bonds is 33. The Kier molecular flexibility index (Phi) is 30.4. The minimum Gasteiger partial charge on any atom is -0.329 e. The highest BCUT2D eigenvalue weighted by atomic mass is 32.9. The molecule has 9 heteroatoms. The fourth-order valence-corrected chi connectivity index (χ4v) is 13.1. The van der Waals surface area contributed by atoms with E-state index in [9.17, 15) is 0 Å². The first-order chi connectivity index (χ1) is 21.2. The molecule has 0 aliphatic rings. The van der Waals surface area contributed by atoms with Gasteiger partial charge in [-0.25, -0.2) is 0 Å². The molecule has 0 fully saturated rings. The maximum Gasteiger partial charge on any atom is 0.247 e. The Morgan fingerprint density at radius 3 is 1.16 bits per heavy atom. The Morgan fingerprint density at radius 1 is 0.477 bits per heavy atom. The molecule has 0 saturated heterocycles. The first-order valence-corrected chi connectivity index (χ1v) is 25.6. The second kappa shape index (κ2) is 29.4. The summed E-state index contributed by atoms with van der Waals surface area (Å²) in [6.07, 6.45) is 21.1. The minimum absolute atomic E-state index is 0.536. The van der Waals surface area contributed by atoms with Crippen LogP contribution >= 0.6 is 23.6 Å². The van der Waals surface area contributed by atoms with E-state index in [0.29, 0.717) is 56.3 Å². The molecule has 0 radical (unpaired) electrons. The lowest BCUT2D eigenvalue weighted by atomic mass is 10.00. The van der Waals surface area contributed by atoms with Crippen molar-refractivity contribution in [1.29, 1.82) is 0 Å². The standard InChI is InChI=1S/C35H74O4P2S3/c1-9-17-21-25-35(16-8)29-37-40(42,36-28-32(13-5)22-18-10-2)26-27-44-41(43,38-30-33(14-6)23-19-11-3)39-31-34(15-7)24-20-12-4/h32-35H,9-31H2,1-8H3. The lowest BCUT2D eigenvalue weighted by Crippen LogP contribution is -2.14. The molecular weight excluding hydrogens is 643 g/mol. The predicted octanol–water partition coefficient (Wildman–Crippen LogP) is 13.6. The van der Waals surface area contributed by atoms with Crippen LogP contribution in [0.2, 0.25) is 0 Å². The summed E-state index contributed by atoms with van der Waals surface area (Å²) >= 11 is 14.2. The Balaban J connectivity index is 5.63. The average molecular weight is 717 g/mol. The summed E-state index contributed by atoms with van der Waals surface area (Å²) in [6.45, 7) is 18.5. The van der Waals surface area contributed by atoms with Crippen molar-refractivity contribution < 1.29 is 18.1 Å². The summed E-state index contributed by atoms with van der Waals surface area (Å²) in [7, 11) is 0. The van der Waals surface area contributed by atoms with Crippen LogP contribution in [0.4, 0.5) is 0 Å². The molecule has 5 atom stereocenters. The van der Waals surface area contributed by atoms with E-state index in [2.05, 4.69) is 55.4 Å². The zero-order valence-electron chi connectivity index (χ0n) is 30.3. The maximum atomic E-state index is 6.63. The third-order valence-electron chi connectivity index (χ3n) is 8.99. The minimum atomic E-state index is -2.51. The van der Waals surface area contributed by atoms with Crippen LogP contribution in [-0.2, 0) is 41.7 Å².